The van der Waals surface area contributed by atoms with Crippen LogP contribution in [-0.2, 0) is 4.74 Å². The first-order valence-electron chi connectivity index (χ1n) is 7.83. The molecule has 2 aromatic rings. The van der Waals surface area contributed by atoms with E-state index in [-0.39, 0.29) is 0 Å². The second kappa shape index (κ2) is 7.27. The SMILES string of the molecule is C[C@H](CCN1CCOCC1)Nc1ccnc2cc(Cl)ccc12. The Labute approximate surface area is 136 Å². The van der Waals surface area contributed by atoms with Gasteiger partial charge in [0.1, 0.15) is 0 Å². The van der Waals surface area contributed by atoms with Crippen LogP contribution in [0.15, 0.2) is 30.5 Å². The van der Waals surface area contributed by atoms with Crippen molar-refractivity contribution in [3.63, 3.8) is 0 Å². The maximum absolute atomic E-state index is 6.04. The molecule has 1 fully saturated rings. The molecule has 1 N–H and O–H groups in total. The van der Waals surface area contributed by atoms with Gasteiger partial charge in [0.15, 0.2) is 0 Å². The Balaban J connectivity index is 1.62. The topological polar surface area (TPSA) is 37.4 Å². The van der Waals surface area contributed by atoms with E-state index in [1.165, 1.54) is 0 Å². The zero-order valence-corrected chi connectivity index (χ0v) is 13.6. The number of benzene rings is 1. The van der Waals surface area contributed by atoms with Gasteiger partial charge in [-0.15, -0.1) is 0 Å². The van der Waals surface area contributed by atoms with Crippen molar-refractivity contribution in [2.75, 3.05) is 38.2 Å². The number of ether oxygens (including phenoxy) is 1. The largest absolute Gasteiger partial charge is 0.382 e. The minimum absolute atomic E-state index is 0.407. The van der Waals surface area contributed by atoms with Crippen LogP contribution in [-0.4, -0.2) is 48.8 Å². The molecule has 0 bridgehead atoms. The number of hydrogen-bond donors (Lipinski definition) is 1. The summed E-state index contributed by atoms with van der Waals surface area (Å²) in [6, 6.07) is 8.28. The van der Waals surface area contributed by atoms with Gasteiger partial charge in [0.2, 0.25) is 0 Å². The monoisotopic (exact) mass is 319 g/mol. The summed E-state index contributed by atoms with van der Waals surface area (Å²) >= 11 is 6.04. The maximum atomic E-state index is 6.04. The Morgan fingerprint density at radius 1 is 1.32 bits per heavy atom. The summed E-state index contributed by atoms with van der Waals surface area (Å²) in [7, 11) is 0. The summed E-state index contributed by atoms with van der Waals surface area (Å²) < 4.78 is 5.38. The molecule has 1 saturated heterocycles. The quantitative estimate of drug-likeness (QED) is 0.916. The van der Waals surface area contributed by atoms with Gasteiger partial charge in [0.05, 0.1) is 18.7 Å². The van der Waals surface area contributed by atoms with Crippen LogP contribution in [0.4, 0.5) is 5.69 Å². The van der Waals surface area contributed by atoms with E-state index >= 15 is 0 Å². The molecule has 0 unspecified atom stereocenters. The van der Waals surface area contributed by atoms with Gasteiger partial charge in [0.25, 0.3) is 0 Å². The van der Waals surface area contributed by atoms with Crippen molar-refractivity contribution in [2.45, 2.75) is 19.4 Å². The lowest BCUT2D eigenvalue weighted by Gasteiger charge is -2.28. The average molecular weight is 320 g/mol. The first kappa shape index (κ1) is 15.5. The lowest BCUT2D eigenvalue weighted by Crippen LogP contribution is -2.38. The van der Waals surface area contributed by atoms with Gasteiger partial charge in [-0.1, -0.05) is 11.6 Å². The van der Waals surface area contributed by atoms with Crippen LogP contribution in [0, 0.1) is 0 Å². The number of halogens is 1. The standard InChI is InChI=1S/C17H22ClN3O/c1-13(5-7-21-8-10-22-11-9-21)20-16-4-6-19-17-12-14(18)2-3-15(16)17/h2-4,6,12-13H,5,7-11H2,1H3,(H,19,20)/t13-/m1/s1. The third-order valence-electron chi connectivity index (χ3n) is 4.09. The zero-order chi connectivity index (χ0) is 15.4. The van der Waals surface area contributed by atoms with E-state index in [2.05, 4.69) is 22.1 Å². The summed E-state index contributed by atoms with van der Waals surface area (Å²) in [5, 5.41) is 5.44. The number of nitrogens with zero attached hydrogens (tertiary/aromatic N) is 2. The Morgan fingerprint density at radius 3 is 2.95 bits per heavy atom. The molecule has 0 saturated carbocycles. The van der Waals surface area contributed by atoms with E-state index in [4.69, 9.17) is 16.3 Å². The lowest BCUT2D eigenvalue weighted by atomic mass is 10.1. The minimum Gasteiger partial charge on any atom is -0.382 e. The highest BCUT2D eigenvalue weighted by atomic mass is 35.5. The molecule has 1 aliphatic heterocycles. The smallest absolute Gasteiger partial charge is 0.0737 e. The number of rotatable bonds is 5. The molecule has 0 amide bonds. The van der Waals surface area contributed by atoms with Gasteiger partial charge < -0.3 is 10.1 Å². The van der Waals surface area contributed by atoms with E-state index < -0.39 is 0 Å². The first-order valence-corrected chi connectivity index (χ1v) is 8.21. The van der Waals surface area contributed by atoms with E-state index in [9.17, 15) is 0 Å². The van der Waals surface area contributed by atoms with Gasteiger partial charge in [-0.05, 0) is 37.6 Å². The molecule has 5 heteroatoms. The van der Waals surface area contributed by atoms with Crippen molar-refractivity contribution >= 4 is 28.2 Å². The van der Waals surface area contributed by atoms with Crippen LogP contribution in [0.1, 0.15) is 13.3 Å². The van der Waals surface area contributed by atoms with Crippen LogP contribution in [0.25, 0.3) is 10.9 Å². The first-order chi connectivity index (χ1) is 10.7. The van der Waals surface area contributed by atoms with Crippen molar-refractivity contribution < 1.29 is 4.74 Å². The fraction of sp³-hybridized carbons (Fsp3) is 0.471. The average Bonchev–Trinajstić information content (AvgIpc) is 2.54. The van der Waals surface area contributed by atoms with Gasteiger partial charge in [-0.25, -0.2) is 0 Å². The molecule has 1 aliphatic rings. The highest BCUT2D eigenvalue weighted by Gasteiger charge is 2.12. The van der Waals surface area contributed by atoms with Gasteiger partial charge >= 0.3 is 0 Å². The molecule has 2 heterocycles. The molecule has 0 spiro atoms. The summed E-state index contributed by atoms with van der Waals surface area (Å²) in [6.45, 7) is 7.14. The van der Waals surface area contributed by atoms with Crippen LogP contribution in [0.5, 0.6) is 0 Å². The minimum atomic E-state index is 0.407. The lowest BCUT2D eigenvalue weighted by molar-refractivity contribution is 0.0370. The molecule has 118 valence electrons. The molecular formula is C17H22ClN3O. The van der Waals surface area contributed by atoms with Crippen molar-refractivity contribution in [1.29, 1.82) is 0 Å². The normalized spacial score (nSPS) is 17.5. The maximum Gasteiger partial charge on any atom is 0.0737 e. The van der Waals surface area contributed by atoms with Crippen LogP contribution < -0.4 is 5.32 Å². The molecule has 1 aromatic heterocycles. The fourth-order valence-electron chi connectivity index (χ4n) is 2.79. The molecule has 3 rings (SSSR count). The van der Waals surface area contributed by atoms with Gasteiger partial charge in [0, 0.05) is 48.0 Å². The van der Waals surface area contributed by atoms with Gasteiger partial charge in [-0.2, -0.15) is 0 Å². The molecule has 1 atom stereocenters. The second-order valence-corrected chi connectivity index (χ2v) is 6.24. The van der Waals surface area contributed by atoms with E-state index in [1.807, 2.05) is 30.5 Å². The summed E-state index contributed by atoms with van der Waals surface area (Å²) in [5.41, 5.74) is 2.05. The summed E-state index contributed by atoms with van der Waals surface area (Å²) in [6.07, 6.45) is 2.94. The highest BCUT2D eigenvalue weighted by molar-refractivity contribution is 6.31. The number of hydrogen-bond acceptors (Lipinski definition) is 4. The summed E-state index contributed by atoms with van der Waals surface area (Å²) in [5.74, 6) is 0. The molecule has 22 heavy (non-hydrogen) atoms. The van der Waals surface area contributed by atoms with Crippen LogP contribution in [0.2, 0.25) is 5.02 Å². The Kier molecular flexibility index (Phi) is 5.13. The Hall–Kier alpha value is -1.36. The summed E-state index contributed by atoms with van der Waals surface area (Å²) in [4.78, 5) is 6.85. The third-order valence-corrected chi connectivity index (χ3v) is 4.32. The molecular weight excluding hydrogens is 298 g/mol. The van der Waals surface area contributed by atoms with Crippen LogP contribution >= 0.6 is 11.6 Å². The number of pyridine rings is 1. The Morgan fingerprint density at radius 2 is 2.14 bits per heavy atom. The number of fused-ring (bicyclic) bond motifs is 1. The predicted molar refractivity (Wildman–Crippen MR) is 91.7 cm³/mol. The zero-order valence-electron chi connectivity index (χ0n) is 12.9. The fourth-order valence-corrected chi connectivity index (χ4v) is 2.95. The third kappa shape index (κ3) is 3.88. The second-order valence-electron chi connectivity index (χ2n) is 5.81. The molecule has 0 aliphatic carbocycles. The van der Waals surface area contributed by atoms with Gasteiger partial charge in [-0.3, -0.25) is 9.88 Å². The van der Waals surface area contributed by atoms with Crippen molar-refractivity contribution in [1.82, 2.24) is 9.88 Å². The van der Waals surface area contributed by atoms with Crippen molar-refractivity contribution in [3.8, 4) is 0 Å². The van der Waals surface area contributed by atoms with Crippen molar-refractivity contribution in [3.05, 3.63) is 35.5 Å². The Bertz CT molecular complexity index is 628. The number of aromatic nitrogens is 1. The van der Waals surface area contributed by atoms with E-state index in [1.54, 1.807) is 0 Å². The number of morpholine rings is 1. The molecule has 0 radical (unpaired) electrons. The molecule has 1 aromatic carbocycles. The predicted octanol–water partition coefficient (Wildman–Crippen LogP) is 3.41. The number of nitrogens with one attached hydrogen (secondary N) is 1. The van der Waals surface area contributed by atoms with Crippen molar-refractivity contribution in [2.24, 2.45) is 0 Å². The van der Waals surface area contributed by atoms with Crippen LogP contribution in [0.3, 0.4) is 0 Å². The van der Waals surface area contributed by atoms with E-state index in [0.717, 1.165) is 60.9 Å². The number of anilines is 1. The highest BCUT2D eigenvalue weighted by Crippen LogP contribution is 2.25. The molecule has 4 nitrogen and oxygen atoms in total. The van der Waals surface area contributed by atoms with E-state index in [0.29, 0.717) is 6.04 Å².